The Balaban J connectivity index is 5.08. The van der Waals surface area contributed by atoms with Gasteiger partial charge in [-0.05, 0) is 64.1 Å². The Hall–Kier alpha value is -0.686. The van der Waals surface area contributed by atoms with Crippen LogP contribution in [0.2, 0.25) is 39.3 Å². The van der Waals surface area contributed by atoms with Crippen molar-refractivity contribution in [3.8, 4) is 0 Å². The van der Waals surface area contributed by atoms with E-state index in [1.165, 1.54) is 0 Å². The average molecular weight is 331 g/mol. The van der Waals surface area contributed by atoms with Gasteiger partial charge in [0.25, 0.3) is 5.95 Å². The van der Waals surface area contributed by atoms with Crippen LogP contribution in [0.1, 0.15) is 26.7 Å². The molecule has 0 aromatic rings. The lowest BCUT2D eigenvalue weighted by molar-refractivity contribution is 0.145. The third-order valence-electron chi connectivity index (χ3n) is 2.38. The largest absolute Gasteiger partial charge is 0.544 e. The highest BCUT2D eigenvalue weighted by Gasteiger charge is 2.21. The molecule has 0 aromatic carbocycles. The van der Waals surface area contributed by atoms with Gasteiger partial charge in [-0.25, -0.2) is 0 Å². The minimum atomic E-state index is -1.68. The van der Waals surface area contributed by atoms with Crippen LogP contribution in [0, 0.1) is 5.92 Å². The third-order valence-corrected chi connectivity index (χ3v) is 4.04. The summed E-state index contributed by atoms with van der Waals surface area (Å²) in [5.74, 6) is 2.13. The molecule has 0 rings (SSSR count). The van der Waals surface area contributed by atoms with Gasteiger partial charge < -0.3 is 13.6 Å². The summed E-state index contributed by atoms with van der Waals surface area (Å²) in [6.07, 6.45) is 6.23. The van der Waals surface area contributed by atoms with E-state index in [9.17, 15) is 0 Å². The van der Waals surface area contributed by atoms with Crippen LogP contribution in [-0.2, 0) is 13.6 Å². The van der Waals surface area contributed by atoms with Crippen LogP contribution in [0.3, 0.4) is 0 Å². The molecule has 21 heavy (non-hydrogen) atoms. The number of methoxy groups -OCH3 is 1. The zero-order chi connectivity index (χ0) is 16.7. The topological polar surface area (TPSA) is 27.7 Å². The molecule has 0 N–H and O–H groups in total. The van der Waals surface area contributed by atoms with E-state index in [0.717, 1.165) is 18.6 Å². The quantitative estimate of drug-likeness (QED) is 0.317. The van der Waals surface area contributed by atoms with Gasteiger partial charge in [-0.1, -0.05) is 13.8 Å². The first-order valence-corrected chi connectivity index (χ1v) is 14.6. The van der Waals surface area contributed by atoms with Crippen LogP contribution in [-0.4, -0.2) is 23.7 Å². The average Bonchev–Trinajstić information content (AvgIpc) is 2.23. The third kappa shape index (κ3) is 12.7. The first kappa shape index (κ1) is 20.3. The van der Waals surface area contributed by atoms with Crippen molar-refractivity contribution in [1.82, 2.24) is 0 Å². The Bertz CT molecular complexity index is 361. The van der Waals surface area contributed by atoms with Crippen molar-refractivity contribution in [2.45, 2.75) is 66.0 Å². The van der Waals surface area contributed by atoms with E-state index in [4.69, 9.17) is 13.6 Å². The molecule has 0 heterocycles. The Morgan fingerprint density at radius 2 is 1.48 bits per heavy atom. The van der Waals surface area contributed by atoms with Gasteiger partial charge in [-0.15, -0.1) is 0 Å². The van der Waals surface area contributed by atoms with Gasteiger partial charge in [0.1, 0.15) is 5.76 Å². The van der Waals surface area contributed by atoms with E-state index >= 15 is 0 Å². The van der Waals surface area contributed by atoms with Crippen LogP contribution in [0.25, 0.3) is 0 Å². The van der Waals surface area contributed by atoms with Gasteiger partial charge in [0, 0.05) is 0 Å². The molecular weight excluding hydrogens is 296 g/mol. The maximum Gasteiger partial charge on any atom is 0.268 e. The van der Waals surface area contributed by atoms with Crippen molar-refractivity contribution in [2.24, 2.45) is 5.92 Å². The lowest BCUT2D eigenvalue weighted by Crippen LogP contribution is -2.26. The number of hydrogen-bond acceptors (Lipinski definition) is 3. The monoisotopic (exact) mass is 330 g/mol. The van der Waals surface area contributed by atoms with Gasteiger partial charge >= 0.3 is 0 Å². The second-order valence-corrected chi connectivity index (χ2v) is 16.5. The van der Waals surface area contributed by atoms with Gasteiger partial charge in [-0.3, -0.25) is 0 Å². The normalized spacial score (nSPS) is 14.4. The minimum Gasteiger partial charge on any atom is -0.544 e. The predicted molar refractivity (Wildman–Crippen MR) is 96.1 cm³/mol. The van der Waals surface area contributed by atoms with Crippen LogP contribution in [0.15, 0.2) is 23.9 Å². The molecule has 0 atom stereocenters. The van der Waals surface area contributed by atoms with Gasteiger partial charge in [0.2, 0.25) is 16.6 Å². The highest BCUT2D eigenvalue weighted by molar-refractivity contribution is 6.70. The fraction of sp³-hybridized carbons (Fsp3) is 0.750. The van der Waals surface area contributed by atoms with Crippen LogP contribution in [0.5, 0.6) is 0 Å². The maximum absolute atomic E-state index is 6.15. The molecule has 124 valence electrons. The van der Waals surface area contributed by atoms with E-state index in [1.807, 2.05) is 6.08 Å². The second kappa shape index (κ2) is 8.68. The van der Waals surface area contributed by atoms with E-state index in [2.05, 4.69) is 59.2 Å². The first-order chi connectivity index (χ1) is 9.43. The molecule has 0 unspecified atom stereocenters. The fourth-order valence-corrected chi connectivity index (χ4v) is 3.19. The standard InChI is InChI=1S/C16H34O3Si2/c1-14(2)11-10-12-15(18-20(4,5)6)13-16(17-3)19-21(7,8)9/h12-14H,10-11H2,1-9H3/b15-12-,16-13+. The Morgan fingerprint density at radius 3 is 1.86 bits per heavy atom. The van der Waals surface area contributed by atoms with Crippen molar-refractivity contribution in [3.05, 3.63) is 23.9 Å². The minimum absolute atomic E-state index is 0.559. The summed E-state index contributed by atoms with van der Waals surface area (Å²) >= 11 is 0. The van der Waals surface area contributed by atoms with E-state index in [-0.39, 0.29) is 0 Å². The summed E-state index contributed by atoms with van der Waals surface area (Å²) in [6.45, 7) is 17.4. The fourth-order valence-electron chi connectivity index (χ4n) is 1.59. The van der Waals surface area contributed by atoms with Crippen molar-refractivity contribution in [2.75, 3.05) is 7.11 Å². The smallest absolute Gasteiger partial charge is 0.268 e. The summed E-state index contributed by atoms with van der Waals surface area (Å²) in [7, 11) is -1.68. The maximum atomic E-state index is 6.15. The molecule has 0 saturated heterocycles. The molecular formula is C16H34O3Si2. The predicted octanol–water partition coefficient (Wildman–Crippen LogP) is 5.50. The highest BCUT2D eigenvalue weighted by Crippen LogP contribution is 2.18. The molecule has 3 nitrogen and oxygen atoms in total. The molecule has 0 fully saturated rings. The van der Waals surface area contributed by atoms with Crippen LogP contribution < -0.4 is 0 Å². The van der Waals surface area contributed by atoms with Gasteiger partial charge in [0.05, 0.1) is 13.2 Å². The number of rotatable bonds is 9. The Morgan fingerprint density at radius 1 is 0.952 bits per heavy atom. The van der Waals surface area contributed by atoms with Crippen molar-refractivity contribution < 1.29 is 13.6 Å². The molecule has 0 bridgehead atoms. The summed E-state index contributed by atoms with van der Waals surface area (Å²) in [4.78, 5) is 0. The molecule has 0 radical (unpaired) electrons. The zero-order valence-corrected chi connectivity index (χ0v) is 17.4. The first-order valence-electron chi connectivity index (χ1n) is 7.77. The number of allylic oxidation sites excluding steroid dienone is 2. The Kier molecular flexibility index (Phi) is 8.40. The van der Waals surface area contributed by atoms with Crippen molar-refractivity contribution >= 4 is 16.6 Å². The van der Waals surface area contributed by atoms with Crippen LogP contribution >= 0.6 is 0 Å². The lowest BCUT2D eigenvalue weighted by Gasteiger charge is -2.23. The Labute approximate surface area is 133 Å². The summed E-state index contributed by atoms with van der Waals surface area (Å²) < 4.78 is 17.4. The van der Waals surface area contributed by atoms with Crippen LogP contribution in [0.4, 0.5) is 0 Å². The summed E-state index contributed by atoms with van der Waals surface area (Å²) in [5.41, 5.74) is 0. The molecule has 0 saturated carbocycles. The van der Waals surface area contributed by atoms with Crippen molar-refractivity contribution in [3.63, 3.8) is 0 Å². The van der Waals surface area contributed by atoms with E-state index < -0.39 is 16.6 Å². The molecule has 0 spiro atoms. The van der Waals surface area contributed by atoms with Gasteiger partial charge in [0.15, 0.2) is 0 Å². The molecule has 0 aromatic heterocycles. The molecule has 0 aliphatic heterocycles. The lowest BCUT2D eigenvalue weighted by atomic mass is 10.1. The molecule has 0 amide bonds. The van der Waals surface area contributed by atoms with Crippen molar-refractivity contribution in [1.29, 1.82) is 0 Å². The second-order valence-electron chi connectivity index (χ2n) is 7.67. The van der Waals surface area contributed by atoms with E-state index in [0.29, 0.717) is 11.9 Å². The molecule has 0 aliphatic carbocycles. The summed E-state index contributed by atoms with van der Waals surface area (Å²) in [6, 6.07) is 0. The van der Waals surface area contributed by atoms with E-state index in [1.54, 1.807) is 7.11 Å². The SMILES string of the molecule is CO/C(=C\C(=C\CCC(C)C)O[Si](C)(C)C)O[Si](C)(C)C. The number of ether oxygens (including phenoxy) is 1. The molecule has 5 heteroatoms. The number of hydrogen-bond donors (Lipinski definition) is 0. The summed E-state index contributed by atoms with van der Waals surface area (Å²) in [5, 5.41) is 0. The highest BCUT2D eigenvalue weighted by atomic mass is 28.4. The zero-order valence-electron chi connectivity index (χ0n) is 15.4. The van der Waals surface area contributed by atoms with Gasteiger partial charge in [-0.2, -0.15) is 0 Å². The molecule has 0 aliphatic rings.